The van der Waals surface area contributed by atoms with Gasteiger partial charge in [-0.3, -0.25) is 4.79 Å². The van der Waals surface area contributed by atoms with Gasteiger partial charge in [0, 0.05) is 23.5 Å². The highest BCUT2D eigenvalue weighted by Crippen LogP contribution is 2.33. The van der Waals surface area contributed by atoms with Crippen molar-refractivity contribution in [3.63, 3.8) is 0 Å². The van der Waals surface area contributed by atoms with Crippen LogP contribution < -0.4 is 20.1 Å². The molecule has 9 heteroatoms. The quantitative estimate of drug-likeness (QED) is 0.695. The van der Waals surface area contributed by atoms with Crippen molar-refractivity contribution in [2.45, 2.75) is 6.92 Å². The Hall–Kier alpha value is -3.75. The number of ether oxygens (including phenoxy) is 2. The highest BCUT2D eigenvalue weighted by Gasteiger charge is 2.15. The van der Waals surface area contributed by atoms with Crippen LogP contribution in [0.5, 0.6) is 11.5 Å². The highest BCUT2D eigenvalue weighted by molar-refractivity contribution is 6.03. The molecule has 0 atom stereocenters. The van der Waals surface area contributed by atoms with Crippen molar-refractivity contribution in [3.05, 3.63) is 65.5 Å². The molecular weight excluding hydrogens is 382 g/mol. The first-order valence-electron chi connectivity index (χ1n) is 8.77. The molecule has 4 rings (SSSR count). The Labute approximate surface area is 164 Å². The van der Waals surface area contributed by atoms with Crippen LogP contribution in [-0.2, 0) is 0 Å². The third-order valence-electron chi connectivity index (χ3n) is 4.06. The lowest BCUT2D eigenvalue weighted by Crippen LogP contribution is -2.17. The number of halogens is 2. The van der Waals surface area contributed by atoms with E-state index in [0.717, 1.165) is 12.1 Å². The smallest absolute Gasteiger partial charge is 0.274 e. The minimum Gasteiger partial charge on any atom is -0.486 e. The number of anilines is 3. The van der Waals surface area contributed by atoms with Gasteiger partial charge in [0.1, 0.15) is 30.5 Å². The zero-order valence-corrected chi connectivity index (χ0v) is 15.3. The highest BCUT2D eigenvalue weighted by atomic mass is 19.1. The summed E-state index contributed by atoms with van der Waals surface area (Å²) in [6.45, 7) is 2.65. The number of hydrogen-bond donors (Lipinski definition) is 2. The van der Waals surface area contributed by atoms with E-state index in [-0.39, 0.29) is 17.3 Å². The number of aromatic nitrogens is 2. The third kappa shape index (κ3) is 4.23. The van der Waals surface area contributed by atoms with Crippen molar-refractivity contribution in [1.29, 1.82) is 0 Å². The average Bonchev–Trinajstić information content (AvgIpc) is 2.69. The number of carbonyl (C=O) groups is 1. The number of carbonyl (C=O) groups excluding carboxylic acids is 1. The standard InChI is InChI=1S/C20H16F2N4O3/c1-11-8-16(19(27)25-15-4-2-12(21)9-14(15)22)26-20(23-11)24-13-3-5-17-18(10-13)29-7-6-28-17/h2-5,8-10H,6-7H2,1H3,(H,25,27)(H,23,24,26). The number of rotatable bonds is 4. The Morgan fingerprint density at radius 2 is 1.79 bits per heavy atom. The second-order valence-corrected chi connectivity index (χ2v) is 6.28. The average molecular weight is 398 g/mol. The summed E-state index contributed by atoms with van der Waals surface area (Å²) in [6, 6.07) is 9.63. The van der Waals surface area contributed by atoms with E-state index in [9.17, 15) is 13.6 Å². The fraction of sp³-hybridized carbons (Fsp3) is 0.150. The number of nitrogens with one attached hydrogen (secondary N) is 2. The molecule has 29 heavy (non-hydrogen) atoms. The Balaban J connectivity index is 1.55. The van der Waals surface area contributed by atoms with Crippen LogP contribution in [0.1, 0.15) is 16.2 Å². The summed E-state index contributed by atoms with van der Waals surface area (Å²) in [5.74, 6) is -0.826. The number of fused-ring (bicyclic) bond motifs is 1. The molecule has 0 saturated carbocycles. The van der Waals surface area contributed by atoms with Crippen molar-refractivity contribution >= 4 is 23.2 Å². The Kier molecular flexibility index (Phi) is 4.94. The first-order chi connectivity index (χ1) is 14.0. The van der Waals surface area contributed by atoms with Crippen molar-refractivity contribution < 1.29 is 23.0 Å². The predicted molar refractivity (Wildman–Crippen MR) is 102 cm³/mol. The molecule has 3 aromatic rings. The Morgan fingerprint density at radius 3 is 2.59 bits per heavy atom. The normalized spacial score (nSPS) is 12.4. The summed E-state index contributed by atoms with van der Waals surface area (Å²) in [5.41, 5.74) is 1.07. The second-order valence-electron chi connectivity index (χ2n) is 6.28. The second kappa shape index (κ2) is 7.70. The molecule has 0 spiro atoms. The van der Waals surface area contributed by atoms with Crippen molar-refractivity contribution in [1.82, 2.24) is 9.97 Å². The van der Waals surface area contributed by atoms with Crippen LogP contribution in [0, 0.1) is 18.6 Å². The van der Waals surface area contributed by atoms with E-state index >= 15 is 0 Å². The topological polar surface area (TPSA) is 85.4 Å². The van der Waals surface area contributed by atoms with Crippen molar-refractivity contribution in [3.8, 4) is 11.5 Å². The Bertz CT molecular complexity index is 1090. The summed E-state index contributed by atoms with van der Waals surface area (Å²) in [7, 11) is 0. The molecule has 0 radical (unpaired) electrons. The lowest BCUT2D eigenvalue weighted by atomic mass is 10.2. The number of aryl methyl sites for hydroxylation is 1. The largest absolute Gasteiger partial charge is 0.486 e. The van der Waals surface area contributed by atoms with E-state index in [1.54, 1.807) is 25.1 Å². The fourth-order valence-corrected chi connectivity index (χ4v) is 2.77. The minimum atomic E-state index is -0.876. The SMILES string of the molecule is Cc1cc(C(=O)Nc2ccc(F)cc2F)nc(Nc2ccc3c(c2)OCCO3)n1. The summed E-state index contributed by atoms with van der Waals surface area (Å²) < 4.78 is 37.8. The fourth-order valence-electron chi connectivity index (χ4n) is 2.77. The van der Waals surface area contributed by atoms with Crippen LogP contribution in [0.15, 0.2) is 42.5 Å². The molecule has 1 aromatic heterocycles. The van der Waals surface area contributed by atoms with Crippen LogP contribution >= 0.6 is 0 Å². The number of benzene rings is 2. The summed E-state index contributed by atoms with van der Waals surface area (Å²) in [5, 5.41) is 5.39. The van der Waals surface area contributed by atoms with Gasteiger partial charge >= 0.3 is 0 Å². The molecule has 1 amide bonds. The molecule has 0 fully saturated rings. The number of amides is 1. The molecule has 148 valence electrons. The van der Waals surface area contributed by atoms with Gasteiger partial charge in [0.15, 0.2) is 11.5 Å². The monoisotopic (exact) mass is 398 g/mol. The van der Waals surface area contributed by atoms with Crippen LogP contribution in [0.4, 0.5) is 26.1 Å². The van der Waals surface area contributed by atoms with Gasteiger partial charge in [-0.05, 0) is 37.3 Å². The van der Waals surface area contributed by atoms with E-state index in [0.29, 0.717) is 42.2 Å². The zero-order chi connectivity index (χ0) is 20.4. The molecular formula is C20H16F2N4O3. The molecule has 0 aliphatic carbocycles. The van der Waals surface area contributed by atoms with Gasteiger partial charge in [-0.15, -0.1) is 0 Å². The first-order valence-corrected chi connectivity index (χ1v) is 8.77. The van der Waals surface area contributed by atoms with E-state index in [1.165, 1.54) is 6.07 Å². The van der Waals surface area contributed by atoms with Crippen LogP contribution in [0.2, 0.25) is 0 Å². The molecule has 7 nitrogen and oxygen atoms in total. The van der Waals surface area contributed by atoms with Gasteiger partial charge in [0.05, 0.1) is 5.69 Å². The molecule has 1 aliphatic rings. The summed E-state index contributed by atoms with van der Waals surface area (Å²) in [4.78, 5) is 20.9. The predicted octanol–water partition coefficient (Wildman–Crippen LogP) is 3.83. The maximum absolute atomic E-state index is 13.8. The minimum absolute atomic E-state index is 0.0290. The zero-order valence-electron chi connectivity index (χ0n) is 15.3. The summed E-state index contributed by atoms with van der Waals surface area (Å²) in [6.07, 6.45) is 0. The van der Waals surface area contributed by atoms with Crippen LogP contribution in [-0.4, -0.2) is 29.1 Å². The molecule has 2 aromatic carbocycles. The van der Waals surface area contributed by atoms with Crippen molar-refractivity contribution in [2.75, 3.05) is 23.8 Å². The van der Waals surface area contributed by atoms with Gasteiger partial charge in [0.2, 0.25) is 5.95 Å². The maximum atomic E-state index is 13.8. The van der Waals surface area contributed by atoms with E-state index in [4.69, 9.17) is 9.47 Å². The van der Waals surface area contributed by atoms with E-state index in [2.05, 4.69) is 20.6 Å². The van der Waals surface area contributed by atoms with Crippen LogP contribution in [0.25, 0.3) is 0 Å². The molecule has 0 saturated heterocycles. The maximum Gasteiger partial charge on any atom is 0.274 e. The first kappa shape index (κ1) is 18.6. The van der Waals surface area contributed by atoms with Gasteiger partial charge in [-0.25, -0.2) is 18.7 Å². The number of hydrogen-bond acceptors (Lipinski definition) is 6. The van der Waals surface area contributed by atoms with Gasteiger partial charge < -0.3 is 20.1 Å². The molecule has 1 aliphatic heterocycles. The van der Waals surface area contributed by atoms with E-state index < -0.39 is 17.5 Å². The van der Waals surface area contributed by atoms with Gasteiger partial charge in [-0.1, -0.05) is 0 Å². The third-order valence-corrected chi connectivity index (χ3v) is 4.06. The molecule has 2 N–H and O–H groups in total. The lowest BCUT2D eigenvalue weighted by Gasteiger charge is -2.19. The molecule has 0 unspecified atom stereocenters. The van der Waals surface area contributed by atoms with E-state index in [1.807, 2.05) is 0 Å². The molecule has 2 heterocycles. The molecule has 0 bridgehead atoms. The lowest BCUT2D eigenvalue weighted by molar-refractivity contribution is 0.102. The van der Waals surface area contributed by atoms with Crippen LogP contribution in [0.3, 0.4) is 0 Å². The van der Waals surface area contributed by atoms with Gasteiger partial charge in [-0.2, -0.15) is 0 Å². The van der Waals surface area contributed by atoms with Crippen molar-refractivity contribution in [2.24, 2.45) is 0 Å². The van der Waals surface area contributed by atoms with Gasteiger partial charge in [0.25, 0.3) is 5.91 Å². The summed E-state index contributed by atoms with van der Waals surface area (Å²) >= 11 is 0. The number of nitrogens with zero attached hydrogens (tertiary/aromatic N) is 2. The Morgan fingerprint density at radius 1 is 1.00 bits per heavy atom.